The van der Waals surface area contributed by atoms with Gasteiger partial charge in [-0.3, -0.25) is 4.79 Å². The molecule has 0 amide bonds. The standard InChI is InChI=1S/C39H28O7S3/c40-33(28-16-6-1-7-17-28)27-45-34-26-35(47-30-20-10-3-11-21-30)37(48(42)31-22-12-4-13-23-31)38(49(43,44)32-24-14-5-15-25-32)36(34)46-39(41)29-18-8-2-9-19-29/h1-26H,27H2. The fourth-order valence-electron chi connectivity index (χ4n) is 4.85. The molecular formula is C39H28O7S3. The number of ether oxygens (including phenoxy) is 2. The van der Waals surface area contributed by atoms with Gasteiger partial charge in [0.2, 0.25) is 9.84 Å². The molecule has 0 aliphatic heterocycles. The summed E-state index contributed by atoms with van der Waals surface area (Å²) in [7, 11) is -6.66. The second-order valence-electron chi connectivity index (χ2n) is 10.5. The fourth-order valence-corrected chi connectivity index (χ4v) is 9.36. The normalized spacial score (nSPS) is 11.8. The number of benzene rings is 6. The molecular weight excluding hydrogens is 677 g/mol. The van der Waals surface area contributed by atoms with Crippen LogP contribution in [-0.4, -0.2) is 31.0 Å². The van der Waals surface area contributed by atoms with Gasteiger partial charge >= 0.3 is 5.97 Å². The highest BCUT2D eigenvalue weighted by molar-refractivity contribution is 8.00. The lowest BCUT2D eigenvalue weighted by Crippen LogP contribution is -2.18. The number of hydrogen-bond donors (Lipinski definition) is 0. The smallest absolute Gasteiger partial charge is 0.343 e. The van der Waals surface area contributed by atoms with Crippen molar-refractivity contribution in [2.45, 2.75) is 29.4 Å². The van der Waals surface area contributed by atoms with E-state index in [1.165, 1.54) is 42.1 Å². The molecule has 0 fully saturated rings. The molecule has 0 aliphatic carbocycles. The minimum absolute atomic E-state index is 0.0958. The Morgan fingerprint density at radius 3 is 1.76 bits per heavy atom. The van der Waals surface area contributed by atoms with Crippen LogP contribution in [0.1, 0.15) is 20.7 Å². The van der Waals surface area contributed by atoms with Gasteiger partial charge in [-0.15, -0.1) is 0 Å². The van der Waals surface area contributed by atoms with Crippen molar-refractivity contribution in [1.29, 1.82) is 0 Å². The summed E-state index contributed by atoms with van der Waals surface area (Å²) in [6, 6.07) is 43.2. The van der Waals surface area contributed by atoms with Crippen molar-refractivity contribution < 1.29 is 31.7 Å². The Morgan fingerprint density at radius 2 is 1.16 bits per heavy atom. The van der Waals surface area contributed by atoms with Crippen LogP contribution >= 0.6 is 11.8 Å². The average Bonchev–Trinajstić information content (AvgIpc) is 3.15. The molecule has 10 heteroatoms. The predicted molar refractivity (Wildman–Crippen MR) is 188 cm³/mol. The summed E-state index contributed by atoms with van der Waals surface area (Å²) in [5.41, 5.74) is 0.522. The Kier molecular flexibility index (Phi) is 10.5. The molecule has 1 atom stereocenters. The van der Waals surface area contributed by atoms with E-state index in [2.05, 4.69) is 0 Å². The van der Waals surface area contributed by atoms with Crippen LogP contribution in [-0.2, 0) is 20.6 Å². The molecule has 0 aliphatic rings. The second kappa shape index (κ2) is 15.3. The van der Waals surface area contributed by atoms with Crippen LogP contribution in [0, 0.1) is 0 Å². The number of hydrogen-bond acceptors (Lipinski definition) is 8. The third-order valence-corrected chi connectivity index (χ3v) is 11.8. The zero-order valence-corrected chi connectivity index (χ0v) is 28.3. The van der Waals surface area contributed by atoms with Gasteiger partial charge in [0.1, 0.15) is 4.90 Å². The fraction of sp³-hybridized carbons (Fsp3) is 0.0256. The van der Waals surface area contributed by atoms with Crippen LogP contribution in [0.15, 0.2) is 187 Å². The molecule has 0 saturated heterocycles. The first-order valence-corrected chi connectivity index (χ1v) is 18.5. The van der Waals surface area contributed by atoms with E-state index in [1.54, 1.807) is 97.1 Å². The molecule has 0 N–H and O–H groups in total. The molecule has 0 heterocycles. The predicted octanol–water partition coefficient (Wildman–Crippen LogP) is 8.32. The van der Waals surface area contributed by atoms with E-state index in [4.69, 9.17) is 9.47 Å². The largest absolute Gasteiger partial charge is 0.481 e. The molecule has 7 nitrogen and oxygen atoms in total. The van der Waals surface area contributed by atoms with Crippen molar-refractivity contribution in [3.63, 3.8) is 0 Å². The summed E-state index contributed by atoms with van der Waals surface area (Å²) in [6.07, 6.45) is 0. The topological polar surface area (TPSA) is 104 Å². The van der Waals surface area contributed by atoms with E-state index in [-0.39, 0.29) is 31.8 Å². The third-order valence-electron chi connectivity index (χ3n) is 7.22. The van der Waals surface area contributed by atoms with Crippen LogP contribution in [0.3, 0.4) is 0 Å². The lowest BCUT2D eigenvalue weighted by Gasteiger charge is -2.21. The Balaban J connectivity index is 1.64. The zero-order chi connectivity index (χ0) is 34.2. The summed E-state index contributed by atoms with van der Waals surface area (Å²) < 4.78 is 56.2. The number of rotatable bonds is 12. The molecule has 0 spiro atoms. The van der Waals surface area contributed by atoms with Gasteiger partial charge in [-0.2, -0.15) is 0 Å². The van der Waals surface area contributed by atoms with E-state index in [0.717, 1.165) is 4.90 Å². The Labute approximate surface area is 290 Å². The number of carbonyl (C=O) groups excluding carboxylic acids is 2. The lowest BCUT2D eigenvalue weighted by molar-refractivity contribution is 0.0721. The second-order valence-corrected chi connectivity index (χ2v) is 14.9. The maximum Gasteiger partial charge on any atom is 0.343 e. The minimum atomic E-state index is -4.56. The first kappa shape index (κ1) is 33.6. The van der Waals surface area contributed by atoms with Crippen molar-refractivity contribution in [3.8, 4) is 11.5 Å². The molecule has 0 radical (unpaired) electrons. The molecule has 49 heavy (non-hydrogen) atoms. The highest BCUT2D eigenvalue weighted by atomic mass is 32.2. The van der Waals surface area contributed by atoms with Crippen molar-refractivity contribution in [3.05, 3.63) is 169 Å². The summed E-state index contributed by atoms with van der Waals surface area (Å²) >= 11 is 1.17. The average molecular weight is 705 g/mol. The lowest BCUT2D eigenvalue weighted by atomic mass is 10.1. The van der Waals surface area contributed by atoms with Gasteiger partial charge in [-0.05, 0) is 54.6 Å². The highest BCUT2D eigenvalue weighted by Crippen LogP contribution is 2.48. The van der Waals surface area contributed by atoms with Crippen molar-refractivity contribution >= 4 is 44.2 Å². The first-order valence-electron chi connectivity index (χ1n) is 15.0. The van der Waals surface area contributed by atoms with Gasteiger partial charge in [0.25, 0.3) is 0 Å². The van der Waals surface area contributed by atoms with E-state index >= 15 is 0 Å². The van der Waals surface area contributed by atoms with Gasteiger partial charge in [-0.25, -0.2) is 17.4 Å². The molecule has 6 aromatic carbocycles. The summed E-state index contributed by atoms with van der Waals surface area (Å²) in [5.74, 6) is -1.92. The van der Waals surface area contributed by atoms with Crippen molar-refractivity contribution in [1.82, 2.24) is 0 Å². The Hall–Kier alpha value is -5.29. The summed E-state index contributed by atoms with van der Waals surface area (Å²) in [5, 5.41) is 0. The summed E-state index contributed by atoms with van der Waals surface area (Å²) in [6.45, 7) is -0.499. The number of Topliss-reactive ketones (excluding diaryl/α,β-unsaturated/α-hetero) is 1. The molecule has 6 rings (SSSR count). The molecule has 6 aromatic rings. The van der Waals surface area contributed by atoms with Gasteiger partial charge in [-0.1, -0.05) is 115 Å². The molecule has 0 aromatic heterocycles. The highest BCUT2D eigenvalue weighted by Gasteiger charge is 2.36. The van der Waals surface area contributed by atoms with E-state index < -0.39 is 43.9 Å². The van der Waals surface area contributed by atoms with E-state index in [1.807, 2.05) is 30.3 Å². The molecule has 1 unspecified atom stereocenters. The molecule has 0 saturated carbocycles. The van der Waals surface area contributed by atoms with Crippen molar-refractivity contribution in [2.24, 2.45) is 0 Å². The van der Waals surface area contributed by atoms with E-state index in [0.29, 0.717) is 10.5 Å². The van der Waals surface area contributed by atoms with Crippen molar-refractivity contribution in [2.75, 3.05) is 6.61 Å². The molecule has 244 valence electrons. The Morgan fingerprint density at radius 1 is 0.653 bits per heavy atom. The minimum Gasteiger partial charge on any atom is -0.481 e. The van der Waals surface area contributed by atoms with E-state index in [9.17, 15) is 22.2 Å². The van der Waals surface area contributed by atoms with Crippen LogP contribution < -0.4 is 9.47 Å². The maximum atomic E-state index is 14.8. The van der Waals surface area contributed by atoms with Gasteiger partial charge < -0.3 is 9.47 Å². The Bertz CT molecular complexity index is 2210. The first-order chi connectivity index (χ1) is 23.8. The van der Waals surface area contributed by atoms with Crippen LogP contribution in [0.25, 0.3) is 0 Å². The van der Waals surface area contributed by atoms with Crippen LogP contribution in [0.2, 0.25) is 0 Å². The summed E-state index contributed by atoms with van der Waals surface area (Å²) in [4.78, 5) is 27.5. The van der Waals surface area contributed by atoms with Gasteiger partial charge in [0, 0.05) is 20.2 Å². The number of carbonyl (C=O) groups is 2. The quantitative estimate of drug-likeness (QED) is 0.0712. The zero-order valence-electron chi connectivity index (χ0n) is 25.8. The van der Waals surface area contributed by atoms with Gasteiger partial charge in [0.15, 0.2) is 23.9 Å². The molecule has 0 bridgehead atoms. The van der Waals surface area contributed by atoms with Crippen LogP contribution in [0.4, 0.5) is 0 Å². The van der Waals surface area contributed by atoms with Crippen LogP contribution in [0.5, 0.6) is 11.5 Å². The third kappa shape index (κ3) is 7.73. The number of esters is 1. The maximum absolute atomic E-state index is 14.8. The number of ketones is 1. The monoisotopic (exact) mass is 704 g/mol. The van der Waals surface area contributed by atoms with Gasteiger partial charge in [0.05, 0.1) is 26.2 Å². The number of sulfone groups is 1. The SMILES string of the molecule is O=C(COc1cc(Sc2ccccc2)c(S(=O)c2ccccc2)c(S(=O)(=O)c2ccccc2)c1OC(=O)c1ccccc1)c1ccccc1.